The van der Waals surface area contributed by atoms with Crippen LogP contribution < -0.4 is 19.6 Å². The molecule has 2 aliphatic heterocycles. The third-order valence-corrected chi connectivity index (χ3v) is 20.1. The number of fused-ring (bicyclic) bond motifs is 4. The van der Waals surface area contributed by atoms with Gasteiger partial charge in [-0.2, -0.15) is 36.4 Å². The normalized spacial score (nSPS) is 18.3. The molecule has 6 heteroatoms. The van der Waals surface area contributed by atoms with Crippen LogP contribution in [-0.2, 0) is 61.9 Å². The van der Waals surface area contributed by atoms with E-state index in [1.807, 2.05) is 0 Å². The first-order valence-electron chi connectivity index (χ1n) is 26.7. The van der Waals surface area contributed by atoms with Crippen LogP contribution >= 0.6 is 0 Å². The van der Waals surface area contributed by atoms with Crippen molar-refractivity contribution < 1.29 is 40.2 Å². The van der Waals surface area contributed by atoms with Gasteiger partial charge in [-0.1, -0.05) is 178 Å². The minimum atomic E-state index is -0.0255. The van der Waals surface area contributed by atoms with Crippen molar-refractivity contribution in [3.05, 3.63) is 217 Å². The molecule has 2 aliphatic carbocycles. The van der Waals surface area contributed by atoms with Crippen LogP contribution in [0, 0.1) is 50.1 Å². The van der Waals surface area contributed by atoms with E-state index < -0.39 is 0 Å². The minimum Gasteiger partial charge on any atom is -0.493 e. The molecular weight excluding hydrogens is 1280 g/mol. The van der Waals surface area contributed by atoms with Gasteiger partial charge in [0.25, 0.3) is 0 Å². The first-order valence-corrected chi connectivity index (χ1v) is 26.7. The van der Waals surface area contributed by atoms with Gasteiger partial charge in [0.05, 0.1) is 0 Å². The van der Waals surface area contributed by atoms with Crippen LogP contribution in [0.4, 0.5) is 45.5 Å². The molecule has 76 heavy (non-hydrogen) atoms. The number of para-hydroxylation sites is 2. The first-order chi connectivity index (χ1) is 35.0. The maximum atomic E-state index is 3.81. The molecule has 0 spiro atoms. The van der Waals surface area contributed by atoms with Gasteiger partial charge in [0, 0.05) is 74.3 Å². The Morgan fingerprint density at radius 1 is 0.355 bits per heavy atom. The maximum absolute atomic E-state index is 3.81. The van der Waals surface area contributed by atoms with E-state index in [1.165, 1.54) is 78.4 Å². The van der Waals surface area contributed by atoms with Crippen molar-refractivity contribution in [2.24, 2.45) is 10.8 Å². The standard InChI is InChI=1S/C70H70N4.2Ir/c1-45-36-46(2)38-49(37-45)64-54(47-28-32-52(33-29-47)73-43-71(50-22-17-15-18-23-50)60-39-56-58(41-62(60)73)67(7,8)69(11,12)65(56,3)4)26-21-27-55(64)48-30-34-53(35-31-48)74-44-72(51-24-19-16-20-25-51)61-40-57-59(42-63(61)74)68(9,10)70(13,14)66(57,5)6;;/h15-32,34,36-44H,1-14H3;;/q-4;;. The van der Waals surface area contributed by atoms with Crippen molar-refractivity contribution in [1.82, 2.24) is 0 Å². The fourth-order valence-corrected chi connectivity index (χ4v) is 13.3. The molecule has 4 aliphatic rings. The molecule has 392 valence electrons. The number of aryl methyl sites for hydroxylation is 2. The molecule has 0 saturated heterocycles. The van der Waals surface area contributed by atoms with Crippen molar-refractivity contribution in [2.75, 3.05) is 19.6 Å². The number of nitrogens with zero attached hydrogens (tertiary/aromatic N) is 4. The van der Waals surface area contributed by atoms with Crippen LogP contribution in [0.15, 0.2) is 158 Å². The Labute approximate surface area is 481 Å². The van der Waals surface area contributed by atoms with Gasteiger partial charge in [0.2, 0.25) is 0 Å². The topological polar surface area (TPSA) is 13.0 Å². The summed E-state index contributed by atoms with van der Waals surface area (Å²) in [5.41, 5.74) is 24.2. The monoisotopic (exact) mass is 1350 g/mol. The van der Waals surface area contributed by atoms with E-state index in [0.29, 0.717) is 0 Å². The van der Waals surface area contributed by atoms with E-state index in [2.05, 4.69) is 300 Å². The Balaban J connectivity index is 0.00000328. The maximum Gasteiger partial charge on any atom is 0.0347 e. The third kappa shape index (κ3) is 7.70. The summed E-state index contributed by atoms with van der Waals surface area (Å²) in [6.07, 6.45) is 0. The van der Waals surface area contributed by atoms with E-state index in [4.69, 9.17) is 0 Å². The molecule has 0 amide bonds. The Bertz CT molecular complexity index is 3310. The summed E-state index contributed by atoms with van der Waals surface area (Å²) in [4.78, 5) is 9.38. The summed E-state index contributed by atoms with van der Waals surface area (Å²) in [7, 11) is 0. The van der Waals surface area contributed by atoms with Crippen LogP contribution in [0.1, 0.15) is 116 Å². The Hall–Kier alpha value is -5.74. The van der Waals surface area contributed by atoms with Gasteiger partial charge in [-0.25, -0.2) is 0 Å². The van der Waals surface area contributed by atoms with Crippen molar-refractivity contribution >= 4 is 45.5 Å². The molecule has 8 aromatic carbocycles. The summed E-state index contributed by atoms with van der Waals surface area (Å²) in [6.45, 7) is 38.1. The van der Waals surface area contributed by atoms with Crippen LogP contribution in [0.2, 0.25) is 0 Å². The smallest absolute Gasteiger partial charge is 0.0347 e. The predicted octanol–water partition coefficient (Wildman–Crippen LogP) is 18.9. The summed E-state index contributed by atoms with van der Waals surface area (Å²) in [6, 6.07) is 66.1. The van der Waals surface area contributed by atoms with Gasteiger partial charge in [-0.05, 0) is 128 Å². The second kappa shape index (κ2) is 18.4. The molecule has 0 aromatic heterocycles. The molecule has 0 atom stereocenters. The summed E-state index contributed by atoms with van der Waals surface area (Å²) < 4.78 is 0. The Morgan fingerprint density at radius 3 is 1.03 bits per heavy atom. The van der Waals surface area contributed by atoms with E-state index in [0.717, 1.165) is 33.9 Å². The zero-order valence-corrected chi connectivity index (χ0v) is 51.4. The van der Waals surface area contributed by atoms with Crippen LogP contribution in [-0.4, -0.2) is 0 Å². The summed E-state index contributed by atoms with van der Waals surface area (Å²) in [5.74, 6) is 0. The van der Waals surface area contributed by atoms with E-state index in [-0.39, 0.29) is 72.7 Å². The second-order valence-electron chi connectivity index (χ2n) is 24.9. The van der Waals surface area contributed by atoms with Crippen molar-refractivity contribution in [3.8, 4) is 33.4 Å². The third-order valence-electron chi connectivity index (χ3n) is 20.1. The van der Waals surface area contributed by atoms with Crippen LogP contribution in [0.25, 0.3) is 33.4 Å². The van der Waals surface area contributed by atoms with Crippen molar-refractivity contribution in [3.63, 3.8) is 0 Å². The zero-order valence-electron chi connectivity index (χ0n) is 46.6. The van der Waals surface area contributed by atoms with Gasteiger partial charge in [-0.3, -0.25) is 0 Å². The van der Waals surface area contributed by atoms with E-state index >= 15 is 0 Å². The fraction of sp³-hybridized carbons (Fsp3) is 0.286. The molecule has 8 aromatic rings. The van der Waals surface area contributed by atoms with Crippen LogP contribution in [0.3, 0.4) is 0 Å². The number of hydrogen-bond donors (Lipinski definition) is 0. The van der Waals surface area contributed by atoms with Gasteiger partial charge < -0.3 is 19.6 Å². The molecule has 0 unspecified atom stereocenters. The largest absolute Gasteiger partial charge is 0.493 e. The predicted molar refractivity (Wildman–Crippen MR) is 312 cm³/mol. The second-order valence-corrected chi connectivity index (χ2v) is 24.9. The molecule has 4 nitrogen and oxygen atoms in total. The van der Waals surface area contributed by atoms with E-state index in [1.54, 1.807) is 0 Å². The SMILES string of the molecule is Cc1cc(C)cc(-c2c(-c3c[c-]c(N4[CH-]N(c5ccccc5)c5cc6c(cc54)C(C)(C)C(C)(C)C6(C)C)cc3)cccc2-c2c[c-]c(N3[CH-]N(c4ccccc4)c4cc5c(cc43)C(C)(C)C(C)(C)C5(C)C)cc2)c1.[Ir].[Ir]. The molecule has 0 bridgehead atoms. The molecule has 0 fully saturated rings. The quantitative estimate of drug-likeness (QED) is 0.147. The number of hydrogen-bond acceptors (Lipinski definition) is 4. The first kappa shape index (κ1) is 53.6. The average Bonchev–Trinajstić information content (AvgIpc) is 4.07. The van der Waals surface area contributed by atoms with E-state index in [9.17, 15) is 0 Å². The molecular formula is C70H70Ir2N4-4. The van der Waals surface area contributed by atoms with Crippen LogP contribution in [0.5, 0.6) is 0 Å². The summed E-state index contributed by atoms with van der Waals surface area (Å²) >= 11 is 0. The Morgan fingerprint density at radius 2 is 0.697 bits per heavy atom. The number of rotatable bonds is 7. The zero-order chi connectivity index (χ0) is 52.1. The fourth-order valence-electron chi connectivity index (χ4n) is 13.3. The van der Waals surface area contributed by atoms with Gasteiger partial charge in [-0.15, -0.1) is 48.0 Å². The summed E-state index contributed by atoms with van der Waals surface area (Å²) in [5, 5.41) is 0. The molecule has 0 saturated carbocycles. The number of anilines is 8. The van der Waals surface area contributed by atoms with Gasteiger partial charge >= 0.3 is 0 Å². The molecule has 2 radical (unpaired) electrons. The molecule has 2 heterocycles. The number of benzene rings is 8. The Kier molecular flexibility index (Phi) is 13.0. The van der Waals surface area contributed by atoms with Gasteiger partial charge in [0.15, 0.2) is 0 Å². The van der Waals surface area contributed by atoms with Crippen molar-refractivity contribution in [2.45, 2.75) is 119 Å². The molecule has 0 N–H and O–H groups in total. The molecule has 12 rings (SSSR count). The average molecular weight is 1350 g/mol. The van der Waals surface area contributed by atoms with Crippen molar-refractivity contribution in [1.29, 1.82) is 0 Å². The van der Waals surface area contributed by atoms with Gasteiger partial charge in [0.1, 0.15) is 0 Å². The minimum absolute atomic E-state index is 0.